The molecule has 0 aliphatic heterocycles. The number of nitrogens with zero attached hydrogens (tertiary/aromatic N) is 1. The molecule has 2 atom stereocenters. The van der Waals surface area contributed by atoms with E-state index in [0.717, 1.165) is 23.9 Å². The maximum atomic E-state index is 3.87. The van der Waals surface area contributed by atoms with Crippen molar-refractivity contribution in [3.8, 4) is 0 Å². The van der Waals surface area contributed by atoms with Crippen LogP contribution in [0.15, 0.2) is 0 Å². The molecule has 0 amide bonds. The normalized spacial score (nSPS) is 31.5. The fraction of sp³-hybridized carbons (Fsp3) is 1.00. The van der Waals surface area contributed by atoms with E-state index < -0.39 is 0 Å². The van der Waals surface area contributed by atoms with Crippen molar-refractivity contribution in [2.45, 2.75) is 83.2 Å². The minimum atomic E-state index is 0.804. The van der Waals surface area contributed by atoms with Gasteiger partial charge in [0.2, 0.25) is 0 Å². The quantitative estimate of drug-likeness (QED) is 0.679. The summed E-state index contributed by atoms with van der Waals surface area (Å²) in [4.78, 5) is 2.88. The van der Waals surface area contributed by atoms with Crippen LogP contribution >= 0.6 is 0 Å². The first-order chi connectivity index (χ1) is 9.86. The van der Waals surface area contributed by atoms with Gasteiger partial charge in [-0.2, -0.15) is 0 Å². The van der Waals surface area contributed by atoms with Crippen molar-refractivity contribution >= 4 is 0 Å². The van der Waals surface area contributed by atoms with Crippen LogP contribution in [0.1, 0.15) is 71.1 Å². The van der Waals surface area contributed by atoms with Gasteiger partial charge in [0.15, 0.2) is 0 Å². The molecule has 3 aliphatic rings. The summed E-state index contributed by atoms with van der Waals surface area (Å²) in [5, 5.41) is 3.87. The van der Waals surface area contributed by atoms with Gasteiger partial charge in [0.1, 0.15) is 0 Å². The summed E-state index contributed by atoms with van der Waals surface area (Å²) in [5.74, 6) is 1.98. The van der Waals surface area contributed by atoms with Crippen LogP contribution in [0.5, 0.6) is 0 Å². The Morgan fingerprint density at radius 1 is 0.900 bits per heavy atom. The highest BCUT2D eigenvalue weighted by atomic mass is 15.2. The minimum Gasteiger partial charge on any atom is -0.314 e. The van der Waals surface area contributed by atoms with Gasteiger partial charge in [-0.15, -0.1) is 0 Å². The Labute approximate surface area is 125 Å². The fourth-order valence-electron chi connectivity index (χ4n) is 3.95. The lowest BCUT2D eigenvalue weighted by Gasteiger charge is -2.32. The van der Waals surface area contributed by atoms with E-state index in [1.54, 1.807) is 0 Å². The van der Waals surface area contributed by atoms with Crippen LogP contribution in [0.25, 0.3) is 0 Å². The van der Waals surface area contributed by atoms with E-state index >= 15 is 0 Å². The highest BCUT2D eigenvalue weighted by Crippen LogP contribution is 2.36. The molecular formula is C18H34N2. The fourth-order valence-corrected chi connectivity index (χ4v) is 3.95. The summed E-state index contributed by atoms with van der Waals surface area (Å²) in [6, 6.07) is 1.77. The lowest BCUT2D eigenvalue weighted by Crippen LogP contribution is -2.43. The number of nitrogens with one attached hydrogen (secondary N) is 1. The molecule has 3 aliphatic carbocycles. The molecular weight excluding hydrogens is 244 g/mol. The zero-order valence-electron chi connectivity index (χ0n) is 13.4. The van der Waals surface area contributed by atoms with Crippen molar-refractivity contribution in [2.24, 2.45) is 11.8 Å². The van der Waals surface area contributed by atoms with Crippen molar-refractivity contribution in [1.82, 2.24) is 10.2 Å². The third-order valence-electron chi connectivity index (χ3n) is 5.54. The summed E-state index contributed by atoms with van der Waals surface area (Å²) in [7, 11) is 0. The van der Waals surface area contributed by atoms with Crippen LogP contribution in [-0.4, -0.2) is 36.6 Å². The van der Waals surface area contributed by atoms with E-state index in [1.165, 1.54) is 83.8 Å². The van der Waals surface area contributed by atoms with E-state index in [4.69, 9.17) is 0 Å². The molecule has 2 unspecified atom stereocenters. The van der Waals surface area contributed by atoms with Gasteiger partial charge in [0.05, 0.1) is 0 Å². The Balaban J connectivity index is 1.54. The van der Waals surface area contributed by atoms with E-state index in [-0.39, 0.29) is 0 Å². The van der Waals surface area contributed by atoms with Crippen LogP contribution < -0.4 is 5.32 Å². The molecule has 0 spiro atoms. The van der Waals surface area contributed by atoms with Crippen molar-refractivity contribution in [3.05, 3.63) is 0 Å². The van der Waals surface area contributed by atoms with Gasteiger partial charge in [0, 0.05) is 25.2 Å². The maximum absolute atomic E-state index is 3.87. The number of hydrogen-bond acceptors (Lipinski definition) is 2. The Hall–Kier alpha value is -0.0800. The topological polar surface area (TPSA) is 15.3 Å². The van der Waals surface area contributed by atoms with Gasteiger partial charge >= 0.3 is 0 Å². The van der Waals surface area contributed by atoms with Gasteiger partial charge in [-0.05, 0) is 63.3 Å². The Kier molecular flexibility index (Phi) is 5.39. The van der Waals surface area contributed by atoms with Crippen molar-refractivity contribution in [1.29, 1.82) is 0 Å². The lowest BCUT2D eigenvalue weighted by molar-refractivity contribution is 0.180. The molecule has 0 aromatic rings. The molecule has 0 aromatic carbocycles. The molecule has 0 radical (unpaired) electrons. The molecule has 1 N–H and O–H groups in total. The second-order valence-corrected chi connectivity index (χ2v) is 7.59. The Bertz CT molecular complexity index is 283. The molecule has 3 rings (SSSR count). The highest BCUT2D eigenvalue weighted by Gasteiger charge is 2.36. The summed E-state index contributed by atoms with van der Waals surface area (Å²) in [6.45, 7) is 6.32. The van der Waals surface area contributed by atoms with Gasteiger partial charge < -0.3 is 5.32 Å². The molecule has 20 heavy (non-hydrogen) atoms. The van der Waals surface area contributed by atoms with Crippen LogP contribution in [0, 0.1) is 11.8 Å². The second kappa shape index (κ2) is 7.26. The monoisotopic (exact) mass is 278 g/mol. The van der Waals surface area contributed by atoms with Gasteiger partial charge in [-0.1, -0.05) is 26.2 Å². The van der Waals surface area contributed by atoms with Crippen LogP contribution in [0.3, 0.4) is 0 Å². The maximum Gasteiger partial charge on any atom is 0.0107 e. The third-order valence-corrected chi connectivity index (χ3v) is 5.54. The lowest BCUT2D eigenvalue weighted by atomic mass is 9.93. The van der Waals surface area contributed by atoms with E-state index in [0.29, 0.717) is 0 Å². The van der Waals surface area contributed by atoms with Gasteiger partial charge in [0.25, 0.3) is 0 Å². The summed E-state index contributed by atoms with van der Waals surface area (Å²) >= 11 is 0. The van der Waals surface area contributed by atoms with E-state index in [9.17, 15) is 0 Å². The molecule has 3 saturated carbocycles. The highest BCUT2D eigenvalue weighted by molar-refractivity contribution is 4.91. The predicted octanol–water partition coefficient (Wildman–Crippen LogP) is 3.81. The summed E-state index contributed by atoms with van der Waals surface area (Å²) in [5.41, 5.74) is 0. The van der Waals surface area contributed by atoms with Crippen molar-refractivity contribution < 1.29 is 0 Å². The zero-order valence-corrected chi connectivity index (χ0v) is 13.4. The largest absolute Gasteiger partial charge is 0.314 e. The first-order valence-electron chi connectivity index (χ1n) is 9.34. The van der Waals surface area contributed by atoms with E-state index in [2.05, 4.69) is 17.1 Å². The number of hydrogen-bond donors (Lipinski definition) is 1. The SMILES string of the molecule is CCCNC1CCCCCC1CN(CC1CC1)C1CC1. The molecule has 3 fully saturated rings. The molecule has 116 valence electrons. The van der Waals surface area contributed by atoms with Gasteiger partial charge in [-0.3, -0.25) is 4.90 Å². The minimum absolute atomic E-state index is 0.804. The van der Waals surface area contributed by atoms with Crippen LogP contribution in [-0.2, 0) is 0 Å². The molecule has 0 saturated heterocycles. The standard InChI is InChI=1S/C18H34N2/c1-2-12-19-18-7-5-3-4-6-16(18)14-20(17-10-11-17)13-15-8-9-15/h15-19H,2-14H2,1H3. The Morgan fingerprint density at radius 3 is 2.40 bits per heavy atom. The molecule has 2 heteroatoms. The third kappa shape index (κ3) is 4.46. The van der Waals surface area contributed by atoms with E-state index in [1.807, 2.05) is 0 Å². The molecule has 0 heterocycles. The second-order valence-electron chi connectivity index (χ2n) is 7.59. The average Bonchev–Trinajstić information content (AvgIpc) is 3.30. The summed E-state index contributed by atoms with van der Waals surface area (Å²) < 4.78 is 0. The zero-order chi connectivity index (χ0) is 13.8. The summed E-state index contributed by atoms with van der Waals surface area (Å²) in [6.07, 6.45) is 14.5. The van der Waals surface area contributed by atoms with Crippen LogP contribution in [0.2, 0.25) is 0 Å². The number of rotatable bonds is 8. The Morgan fingerprint density at radius 2 is 1.70 bits per heavy atom. The molecule has 0 bridgehead atoms. The van der Waals surface area contributed by atoms with Crippen molar-refractivity contribution in [3.63, 3.8) is 0 Å². The molecule has 2 nitrogen and oxygen atoms in total. The average molecular weight is 278 g/mol. The molecule has 0 aromatic heterocycles. The predicted molar refractivity (Wildman–Crippen MR) is 86.0 cm³/mol. The first-order valence-corrected chi connectivity index (χ1v) is 9.34. The van der Waals surface area contributed by atoms with Gasteiger partial charge in [-0.25, -0.2) is 0 Å². The first kappa shape index (κ1) is 14.8. The van der Waals surface area contributed by atoms with Crippen LogP contribution in [0.4, 0.5) is 0 Å². The smallest absolute Gasteiger partial charge is 0.0107 e. The van der Waals surface area contributed by atoms with Crippen molar-refractivity contribution in [2.75, 3.05) is 19.6 Å².